The van der Waals surface area contributed by atoms with Gasteiger partial charge in [0.1, 0.15) is 11.6 Å². The van der Waals surface area contributed by atoms with Crippen LogP contribution < -0.4 is 16.8 Å². The van der Waals surface area contributed by atoms with E-state index < -0.39 is 0 Å². The molecule has 2 aromatic rings. The van der Waals surface area contributed by atoms with Gasteiger partial charge in [-0.05, 0) is 30.7 Å². The minimum Gasteiger partial charge on any atom is -0.383 e. The molecule has 0 radical (unpaired) electrons. The van der Waals surface area contributed by atoms with Crippen molar-refractivity contribution in [3.05, 3.63) is 34.3 Å². The maximum absolute atomic E-state index is 5.59. The van der Waals surface area contributed by atoms with Crippen molar-refractivity contribution in [2.24, 2.45) is 0 Å². The smallest absolute Gasteiger partial charge is 0.223 e. The first-order valence-electron chi connectivity index (χ1n) is 4.97. The highest BCUT2D eigenvalue weighted by Gasteiger charge is 2.01. The van der Waals surface area contributed by atoms with Crippen molar-refractivity contribution in [2.75, 3.05) is 16.8 Å². The van der Waals surface area contributed by atoms with Gasteiger partial charge in [-0.15, -0.1) is 0 Å². The zero-order chi connectivity index (χ0) is 12.4. The molecule has 0 unspecified atom stereocenters. The molecule has 0 saturated carbocycles. The van der Waals surface area contributed by atoms with E-state index in [4.69, 9.17) is 11.5 Å². The Morgan fingerprint density at radius 1 is 1.12 bits per heavy atom. The molecular formula is C11H12BrN5. The van der Waals surface area contributed by atoms with E-state index in [1.165, 1.54) is 0 Å². The normalized spacial score (nSPS) is 10.2. The largest absolute Gasteiger partial charge is 0.383 e. The second-order valence-corrected chi connectivity index (χ2v) is 4.59. The molecule has 88 valence electrons. The van der Waals surface area contributed by atoms with Crippen LogP contribution in [-0.2, 0) is 0 Å². The summed E-state index contributed by atoms with van der Waals surface area (Å²) < 4.78 is 0.995. The number of nitrogens with zero attached hydrogens (tertiary/aromatic N) is 2. The van der Waals surface area contributed by atoms with Crippen LogP contribution in [0.25, 0.3) is 0 Å². The molecular weight excluding hydrogens is 282 g/mol. The third kappa shape index (κ3) is 3.07. The first-order valence-corrected chi connectivity index (χ1v) is 5.76. The van der Waals surface area contributed by atoms with Gasteiger partial charge < -0.3 is 16.8 Å². The molecule has 5 N–H and O–H groups in total. The molecule has 0 spiro atoms. The van der Waals surface area contributed by atoms with Crippen LogP contribution in [0.2, 0.25) is 0 Å². The standard InChI is InChI=1S/C11H12BrN5/c1-6-2-7(12)4-8(3-6)15-10-5-9(13)16-11(14)17-10/h2-5H,1H3,(H5,13,14,15,16,17). The molecule has 1 aromatic heterocycles. The maximum atomic E-state index is 5.59. The van der Waals surface area contributed by atoms with Crippen LogP contribution in [0.1, 0.15) is 5.56 Å². The van der Waals surface area contributed by atoms with Gasteiger partial charge in [0.2, 0.25) is 5.95 Å². The minimum absolute atomic E-state index is 0.152. The second-order valence-electron chi connectivity index (χ2n) is 3.68. The summed E-state index contributed by atoms with van der Waals surface area (Å²) in [6.45, 7) is 2.01. The first-order chi connectivity index (χ1) is 8.02. The van der Waals surface area contributed by atoms with E-state index in [1.54, 1.807) is 6.07 Å². The van der Waals surface area contributed by atoms with Gasteiger partial charge in [0.15, 0.2) is 0 Å². The third-order valence-corrected chi connectivity index (χ3v) is 2.54. The summed E-state index contributed by atoms with van der Waals surface area (Å²) in [6.07, 6.45) is 0. The summed E-state index contributed by atoms with van der Waals surface area (Å²) in [5.74, 6) is 1.07. The summed E-state index contributed by atoms with van der Waals surface area (Å²) in [5.41, 5.74) is 13.2. The number of hydrogen-bond acceptors (Lipinski definition) is 5. The van der Waals surface area contributed by atoms with Crippen molar-refractivity contribution in [1.29, 1.82) is 0 Å². The Balaban J connectivity index is 2.31. The Hall–Kier alpha value is -1.82. The number of aromatic nitrogens is 2. The molecule has 17 heavy (non-hydrogen) atoms. The maximum Gasteiger partial charge on any atom is 0.223 e. The van der Waals surface area contributed by atoms with Gasteiger partial charge in [-0.25, -0.2) is 0 Å². The zero-order valence-corrected chi connectivity index (χ0v) is 10.8. The van der Waals surface area contributed by atoms with Crippen LogP contribution in [0.5, 0.6) is 0 Å². The molecule has 0 amide bonds. The third-order valence-electron chi connectivity index (χ3n) is 2.08. The fourth-order valence-electron chi connectivity index (χ4n) is 1.51. The summed E-state index contributed by atoms with van der Waals surface area (Å²) in [6, 6.07) is 7.60. The van der Waals surface area contributed by atoms with Crippen molar-refractivity contribution in [3.8, 4) is 0 Å². The number of benzene rings is 1. The highest BCUT2D eigenvalue weighted by atomic mass is 79.9. The lowest BCUT2D eigenvalue weighted by Crippen LogP contribution is -2.03. The highest BCUT2D eigenvalue weighted by Crippen LogP contribution is 2.22. The summed E-state index contributed by atoms with van der Waals surface area (Å²) >= 11 is 3.43. The molecule has 0 aliphatic carbocycles. The van der Waals surface area contributed by atoms with E-state index in [2.05, 4.69) is 31.2 Å². The lowest BCUT2D eigenvalue weighted by atomic mass is 10.2. The van der Waals surface area contributed by atoms with Crippen molar-refractivity contribution < 1.29 is 0 Å². The van der Waals surface area contributed by atoms with Gasteiger partial charge in [0.25, 0.3) is 0 Å². The van der Waals surface area contributed by atoms with Crippen molar-refractivity contribution >= 4 is 39.2 Å². The molecule has 0 aliphatic heterocycles. The number of aryl methyl sites for hydroxylation is 1. The zero-order valence-electron chi connectivity index (χ0n) is 9.24. The highest BCUT2D eigenvalue weighted by molar-refractivity contribution is 9.10. The van der Waals surface area contributed by atoms with E-state index in [0.29, 0.717) is 11.6 Å². The van der Waals surface area contributed by atoms with E-state index >= 15 is 0 Å². The summed E-state index contributed by atoms with van der Waals surface area (Å²) in [4.78, 5) is 7.86. The number of anilines is 4. The number of halogens is 1. The van der Waals surface area contributed by atoms with Crippen LogP contribution in [0.4, 0.5) is 23.3 Å². The molecule has 0 fully saturated rings. The Morgan fingerprint density at radius 2 is 1.88 bits per heavy atom. The molecule has 5 nitrogen and oxygen atoms in total. The second kappa shape index (κ2) is 4.58. The molecule has 2 rings (SSSR count). The minimum atomic E-state index is 0.152. The van der Waals surface area contributed by atoms with Crippen LogP contribution >= 0.6 is 15.9 Å². The molecule has 0 atom stereocenters. The lowest BCUT2D eigenvalue weighted by molar-refractivity contribution is 1.19. The van der Waals surface area contributed by atoms with Gasteiger partial charge in [0, 0.05) is 16.2 Å². The Morgan fingerprint density at radius 3 is 2.53 bits per heavy atom. The number of nitrogens with two attached hydrogens (primary N) is 2. The van der Waals surface area contributed by atoms with Crippen molar-refractivity contribution in [1.82, 2.24) is 9.97 Å². The van der Waals surface area contributed by atoms with E-state index in [9.17, 15) is 0 Å². The molecule has 1 aromatic carbocycles. The van der Waals surface area contributed by atoms with Gasteiger partial charge in [-0.1, -0.05) is 15.9 Å². The Kier molecular flexibility index (Phi) is 3.14. The predicted molar refractivity (Wildman–Crippen MR) is 73.0 cm³/mol. The lowest BCUT2D eigenvalue weighted by Gasteiger charge is -2.08. The number of nitrogens with one attached hydrogen (secondary N) is 1. The van der Waals surface area contributed by atoms with Crippen LogP contribution in [-0.4, -0.2) is 9.97 Å². The fourth-order valence-corrected chi connectivity index (χ4v) is 2.11. The Labute approximate surface area is 107 Å². The average Bonchev–Trinajstić information content (AvgIpc) is 2.13. The number of hydrogen-bond donors (Lipinski definition) is 3. The van der Waals surface area contributed by atoms with Crippen molar-refractivity contribution in [2.45, 2.75) is 6.92 Å². The average molecular weight is 294 g/mol. The van der Waals surface area contributed by atoms with E-state index in [0.717, 1.165) is 15.7 Å². The van der Waals surface area contributed by atoms with Gasteiger partial charge in [-0.3, -0.25) is 0 Å². The van der Waals surface area contributed by atoms with Crippen molar-refractivity contribution in [3.63, 3.8) is 0 Å². The molecule has 1 heterocycles. The first kappa shape index (κ1) is 11.7. The number of rotatable bonds is 2. The summed E-state index contributed by atoms with van der Waals surface area (Å²) in [7, 11) is 0. The van der Waals surface area contributed by atoms with Crippen LogP contribution in [0.15, 0.2) is 28.7 Å². The van der Waals surface area contributed by atoms with Crippen LogP contribution in [0, 0.1) is 6.92 Å². The van der Waals surface area contributed by atoms with E-state index in [-0.39, 0.29) is 5.95 Å². The monoisotopic (exact) mass is 293 g/mol. The van der Waals surface area contributed by atoms with Gasteiger partial charge in [0.05, 0.1) is 0 Å². The van der Waals surface area contributed by atoms with Crippen LogP contribution in [0.3, 0.4) is 0 Å². The number of nitrogen functional groups attached to an aromatic ring is 2. The molecule has 0 aliphatic rings. The van der Waals surface area contributed by atoms with E-state index in [1.807, 2.05) is 25.1 Å². The van der Waals surface area contributed by atoms with Gasteiger partial charge in [-0.2, -0.15) is 9.97 Å². The molecule has 0 bridgehead atoms. The molecule has 0 saturated heterocycles. The SMILES string of the molecule is Cc1cc(Br)cc(Nc2cc(N)nc(N)n2)c1. The topological polar surface area (TPSA) is 89.8 Å². The van der Waals surface area contributed by atoms with Gasteiger partial charge >= 0.3 is 0 Å². The fraction of sp³-hybridized carbons (Fsp3) is 0.0909. The summed E-state index contributed by atoms with van der Waals surface area (Å²) in [5, 5.41) is 3.13. The quantitative estimate of drug-likeness (QED) is 0.791. The predicted octanol–water partition coefficient (Wildman–Crippen LogP) is 2.46. The Bertz CT molecular complexity index is 466. The molecule has 6 heteroatoms.